The third-order valence-corrected chi connectivity index (χ3v) is 6.86. The molecule has 0 aromatic carbocycles. The van der Waals surface area contributed by atoms with Crippen molar-refractivity contribution in [3.05, 3.63) is 47.8 Å². The zero-order chi connectivity index (χ0) is 23.3. The number of carbonyl (C=O) groups excluding carboxylic acids is 1. The van der Waals surface area contributed by atoms with E-state index in [0.29, 0.717) is 41.2 Å². The van der Waals surface area contributed by atoms with Crippen LogP contribution in [0.1, 0.15) is 41.9 Å². The van der Waals surface area contributed by atoms with Gasteiger partial charge in [0.2, 0.25) is 0 Å². The number of hydrogen-bond acceptors (Lipinski definition) is 6. The maximum Gasteiger partial charge on any atom is 0.272 e. The zero-order valence-corrected chi connectivity index (χ0v) is 19.1. The summed E-state index contributed by atoms with van der Waals surface area (Å²) in [7, 11) is -3.80. The molecule has 0 aliphatic carbocycles. The number of hydrogen-bond donors (Lipinski definition) is 0. The summed E-state index contributed by atoms with van der Waals surface area (Å²) in [5.74, 6) is -0.685. The van der Waals surface area contributed by atoms with Crippen molar-refractivity contribution in [3.8, 4) is 11.4 Å². The molecule has 0 unspecified atom stereocenters. The molecule has 1 amide bonds. The number of likely N-dealkylation sites (tertiary alicyclic amines) is 1. The van der Waals surface area contributed by atoms with Crippen LogP contribution in [0.4, 0.5) is 4.39 Å². The number of halogens is 1. The van der Waals surface area contributed by atoms with Crippen LogP contribution in [0, 0.1) is 12.7 Å². The Hall–Kier alpha value is -3.34. The largest absolute Gasteiger partial charge is 0.337 e. The van der Waals surface area contributed by atoms with Crippen molar-refractivity contribution in [2.75, 3.05) is 19.3 Å². The van der Waals surface area contributed by atoms with Gasteiger partial charge in [-0.2, -0.15) is 9.19 Å². The van der Waals surface area contributed by atoms with Crippen LogP contribution in [0.5, 0.6) is 0 Å². The first kappa shape index (κ1) is 21.5. The molecule has 5 rings (SSSR count). The molecular formula is C22H23FN6O3S. The Kier molecular flexibility index (Phi) is 5.15. The third kappa shape index (κ3) is 3.75. The van der Waals surface area contributed by atoms with E-state index in [2.05, 4.69) is 15.1 Å². The van der Waals surface area contributed by atoms with Gasteiger partial charge in [-0.1, -0.05) is 12.8 Å². The molecule has 5 heterocycles. The van der Waals surface area contributed by atoms with Gasteiger partial charge in [0.25, 0.3) is 15.9 Å². The molecule has 4 aromatic rings. The highest BCUT2D eigenvalue weighted by Crippen LogP contribution is 2.32. The summed E-state index contributed by atoms with van der Waals surface area (Å²) in [6, 6.07) is 4.31. The fourth-order valence-corrected chi connectivity index (χ4v) is 5.13. The van der Waals surface area contributed by atoms with E-state index in [0.717, 1.165) is 36.0 Å². The van der Waals surface area contributed by atoms with Crippen molar-refractivity contribution in [2.45, 2.75) is 32.6 Å². The van der Waals surface area contributed by atoms with Crippen molar-refractivity contribution < 1.29 is 17.6 Å². The predicted molar refractivity (Wildman–Crippen MR) is 121 cm³/mol. The number of carbonyl (C=O) groups is 1. The third-order valence-electron chi connectivity index (χ3n) is 5.95. The van der Waals surface area contributed by atoms with E-state index in [9.17, 15) is 17.6 Å². The number of imidazole rings is 1. The molecular weight excluding hydrogens is 447 g/mol. The monoisotopic (exact) mass is 470 g/mol. The summed E-state index contributed by atoms with van der Waals surface area (Å²) in [6.07, 6.45) is 7.86. The minimum absolute atomic E-state index is 0.183. The Morgan fingerprint density at radius 2 is 1.85 bits per heavy atom. The SMILES string of the molecule is Cc1nc(C(=O)N2CCCCCC2)cc2c1c(-c1cnc3ccc(F)cn13)nn2S(C)(=O)=O. The molecule has 11 heteroatoms. The number of amides is 1. The maximum absolute atomic E-state index is 13.9. The van der Waals surface area contributed by atoms with E-state index < -0.39 is 15.8 Å². The van der Waals surface area contributed by atoms with E-state index >= 15 is 0 Å². The number of pyridine rings is 2. The summed E-state index contributed by atoms with van der Waals surface area (Å²) in [4.78, 5) is 23.8. The zero-order valence-electron chi connectivity index (χ0n) is 18.3. The molecule has 0 spiro atoms. The smallest absolute Gasteiger partial charge is 0.272 e. The molecule has 0 radical (unpaired) electrons. The Balaban J connectivity index is 1.72. The lowest BCUT2D eigenvalue weighted by Gasteiger charge is -2.20. The molecule has 1 fully saturated rings. The van der Waals surface area contributed by atoms with E-state index in [1.165, 1.54) is 35.0 Å². The standard InChI is InChI=1S/C22H23FN6O3S/c1-14-20-17(11-16(25-14)22(30)27-9-5-3-4-6-10-27)29(33(2,31)32)26-21(20)18-12-24-19-8-7-15(23)13-28(18)19/h7-8,11-13H,3-6,9-10H2,1-2H3. The fraction of sp³-hybridized carbons (Fsp3) is 0.364. The number of nitrogens with zero attached hydrogens (tertiary/aromatic N) is 6. The van der Waals surface area contributed by atoms with Gasteiger partial charge in [0.1, 0.15) is 22.9 Å². The normalized spacial score (nSPS) is 15.3. The van der Waals surface area contributed by atoms with Crippen LogP contribution in [-0.4, -0.2) is 62.1 Å². The van der Waals surface area contributed by atoms with Crippen molar-refractivity contribution in [2.24, 2.45) is 0 Å². The van der Waals surface area contributed by atoms with Crippen LogP contribution in [-0.2, 0) is 10.0 Å². The number of fused-ring (bicyclic) bond motifs is 2. The van der Waals surface area contributed by atoms with Crippen LogP contribution < -0.4 is 0 Å². The Morgan fingerprint density at radius 3 is 2.55 bits per heavy atom. The molecule has 1 aliphatic rings. The van der Waals surface area contributed by atoms with E-state index in [1.54, 1.807) is 11.8 Å². The van der Waals surface area contributed by atoms with E-state index in [-0.39, 0.29) is 17.1 Å². The first-order chi connectivity index (χ1) is 15.7. The minimum atomic E-state index is -3.80. The second-order valence-electron chi connectivity index (χ2n) is 8.37. The minimum Gasteiger partial charge on any atom is -0.337 e. The first-order valence-electron chi connectivity index (χ1n) is 10.8. The summed E-state index contributed by atoms with van der Waals surface area (Å²) < 4.78 is 41.5. The van der Waals surface area contributed by atoms with Crippen LogP contribution in [0.3, 0.4) is 0 Å². The lowest BCUT2D eigenvalue weighted by atomic mass is 10.1. The van der Waals surface area contributed by atoms with Crippen LogP contribution >= 0.6 is 0 Å². The van der Waals surface area contributed by atoms with Gasteiger partial charge in [-0.3, -0.25) is 9.20 Å². The van der Waals surface area contributed by atoms with Gasteiger partial charge >= 0.3 is 0 Å². The van der Waals surface area contributed by atoms with Crippen LogP contribution in [0.2, 0.25) is 0 Å². The van der Waals surface area contributed by atoms with Gasteiger partial charge in [-0.15, -0.1) is 0 Å². The summed E-state index contributed by atoms with van der Waals surface area (Å²) in [6.45, 7) is 3.02. The number of rotatable bonds is 3. The molecule has 33 heavy (non-hydrogen) atoms. The highest BCUT2D eigenvalue weighted by molar-refractivity contribution is 7.89. The highest BCUT2D eigenvalue weighted by atomic mass is 32.2. The second kappa shape index (κ2) is 7.91. The Bertz CT molecular complexity index is 1500. The molecule has 1 aliphatic heterocycles. The van der Waals surface area contributed by atoms with Gasteiger partial charge in [0.15, 0.2) is 0 Å². The molecule has 172 valence electrons. The van der Waals surface area contributed by atoms with Gasteiger partial charge < -0.3 is 4.90 Å². The van der Waals surface area contributed by atoms with Gasteiger partial charge in [0.05, 0.1) is 29.0 Å². The van der Waals surface area contributed by atoms with Gasteiger partial charge in [0, 0.05) is 25.0 Å². The fourth-order valence-electron chi connectivity index (χ4n) is 4.40. The molecule has 0 atom stereocenters. The molecule has 0 saturated carbocycles. The van der Waals surface area contributed by atoms with Crippen LogP contribution in [0.15, 0.2) is 30.6 Å². The van der Waals surface area contributed by atoms with E-state index in [1.807, 2.05) is 0 Å². The Labute approximate surface area is 189 Å². The number of aromatic nitrogens is 5. The molecule has 0 bridgehead atoms. The molecule has 9 nitrogen and oxygen atoms in total. The predicted octanol–water partition coefficient (Wildman–Crippen LogP) is 3.02. The quantitative estimate of drug-likeness (QED) is 0.456. The van der Waals surface area contributed by atoms with Gasteiger partial charge in [-0.05, 0) is 38.0 Å². The first-order valence-corrected chi connectivity index (χ1v) is 12.6. The van der Waals surface area contributed by atoms with Gasteiger partial charge in [-0.25, -0.2) is 22.8 Å². The molecule has 0 N–H and O–H groups in total. The molecule has 1 saturated heterocycles. The maximum atomic E-state index is 13.9. The average molecular weight is 471 g/mol. The van der Waals surface area contributed by atoms with Crippen LogP contribution in [0.25, 0.3) is 27.9 Å². The highest BCUT2D eigenvalue weighted by Gasteiger charge is 2.26. The second-order valence-corrected chi connectivity index (χ2v) is 10.2. The number of aryl methyl sites for hydroxylation is 1. The van der Waals surface area contributed by atoms with Crippen molar-refractivity contribution in [3.63, 3.8) is 0 Å². The van der Waals surface area contributed by atoms with E-state index in [4.69, 9.17) is 0 Å². The lowest BCUT2D eigenvalue weighted by molar-refractivity contribution is 0.0755. The summed E-state index contributed by atoms with van der Waals surface area (Å²) in [5, 5.41) is 4.82. The van der Waals surface area contributed by atoms with Crippen molar-refractivity contribution in [1.29, 1.82) is 0 Å². The Morgan fingerprint density at radius 1 is 1.12 bits per heavy atom. The summed E-state index contributed by atoms with van der Waals surface area (Å²) >= 11 is 0. The van der Waals surface area contributed by atoms with Crippen molar-refractivity contribution in [1.82, 2.24) is 28.5 Å². The molecule has 4 aromatic heterocycles. The topological polar surface area (TPSA) is 102 Å². The average Bonchev–Trinajstić information content (AvgIpc) is 3.24. The lowest BCUT2D eigenvalue weighted by Crippen LogP contribution is -2.32. The van der Waals surface area contributed by atoms with Crippen molar-refractivity contribution >= 4 is 32.5 Å². The summed E-state index contributed by atoms with van der Waals surface area (Å²) in [5.41, 5.74) is 2.11.